The van der Waals surface area contributed by atoms with Gasteiger partial charge in [-0.3, -0.25) is 4.79 Å². The van der Waals surface area contributed by atoms with E-state index in [1.165, 1.54) is 33.5 Å². The highest BCUT2D eigenvalue weighted by atomic mass is 32.2. The second kappa shape index (κ2) is 10.4. The summed E-state index contributed by atoms with van der Waals surface area (Å²) in [6, 6.07) is 1.79. The van der Waals surface area contributed by atoms with Crippen molar-refractivity contribution in [2.75, 3.05) is 17.7 Å². The molecule has 0 aliphatic carbocycles. The zero-order valence-electron chi connectivity index (χ0n) is 18.3. The lowest BCUT2D eigenvalue weighted by atomic mass is 10.1. The van der Waals surface area contributed by atoms with Crippen LogP contribution in [-0.2, 0) is 29.4 Å². The van der Waals surface area contributed by atoms with Crippen LogP contribution in [0.1, 0.15) is 46.4 Å². The van der Waals surface area contributed by atoms with E-state index in [1.807, 2.05) is 18.5 Å². The van der Waals surface area contributed by atoms with E-state index in [-0.39, 0.29) is 18.3 Å². The number of anilines is 1. The lowest BCUT2D eigenvalue weighted by Crippen LogP contribution is -2.16. The van der Waals surface area contributed by atoms with E-state index >= 15 is 0 Å². The average Bonchev–Trinajstić information content (AvgIpc) is 3.43. The van der Waals surface area contributed by atoms with Crippen LogP contribution in [0, 0.1) is 6.92 Å². The maximum atomic E-state index is 12.6. The van der Waals surface area contributed by atoms with Gasteiger partial charge >= 0.3 is 5.97 Å². The van der Waals surface area contributed by atoms with Crippen molar-refractivity contribution in [2.24, 2.45) is 7.05 Å². The third kappa shape index (κ3) is 5.19. The lowest BCUT2D eigenvalue weighted by Gasteiger charge is -2.07. The number of carbonyl (C=O) groups is 2. The van der Waals surface area contributed by atoms with Gasteiger partial charge in [-0.15, -0.1) is 32.9 Å². The normalized spacial score (nSPS) is 11.0. The van der Waals surface area contributed by atoms with Crippen LogP contribution in [0.2, 0.25) is 0 Å². The highest BCUT2D eigenvalue weighted by Gasteiger charge is 2.20. The molecular formula is C21H26N4O3S3. The van der Waals surface area contributed by atoms with E-state index in [0.29, 0.717) is 15.7 Å². The third-order valence-corrected chi connectivity index (χ3v) is 7.91. The number of nitrogens with one attached hydrogen (secondary N) is 1. The van der Waals surface area contributed by atoms with Gasteiger partial charge < -0.3 is 14.6 Å². The minimum absolute atomic E-state index is 0.164. The first-order valence-electron chi connectivity index (χ1n) is 10.1. The van der Waals surface area contributed by atoms with Crippen molar-refractivity contribution in [3.63, 3.8) is 0 Å². The lowest BCUT2D eigenvalue weighted by molar-refractivity contribution is -0.113. The molecule has 1 N–H and O–H groups in total. The fourth-order valence-corrected chi connectivity index (χ4v) is 5.79. The molecule has 3 rings (SSSR count). The minimum atomic E-state index is -0.419. The third-order valence-electron chi connectivity index (χ3n) is 4.75. The zero-order chi connectivity index (χ0) is 22.5. The monoisotopic (exact) mass is 478 g/mol. The van der Waals surface area contributed by atoms with Gasteiger partial charge in [0.1, 0.15) is 5.00 Å². The van der Waals surface area contributed by atoms with Gasteiger partial charge in [-0.05, 0) is 38.3 Å². The van der Waals surface area contributed by atoms with Crippen molar-refractivity contribution in [3.05, 3.63) is 32.3 Å². The molecular weight excluding hydrogens is 452 g/mol. The summed E-state index contributed by atoms with van der Waals surface area (Å²) < 4.78 is 7.03. The number of rotatable bonds is 9. The van der Waals surface area contributed by atoms with Crippen LogP contribution in [0.25, 0.3) is 11.4 Å². The molecule has 0 bridgehead atoms. The molecule has 10 heteroatoms. The summed E-state index contributed by atoms with van der Waals surface area (Å²) in [5.74, 6) is 0.346. The second-order valence-corrected chi connectivity index (χ2v) is 9.93. The van der Waals surface area contributed by atoms with Crippen LogP contribution >= 0.6 is 34.4 Å². The molecule has 0 saturated carbocycles. The number of aryl methyl sites for hydroxylation is 2. The van der Waals surface area contributed by atoms with Gasteiger partial charge in [0.2, 0.25) is 5.91 Å². The average molecular weight is 479 g/mol. The van der Waals surface area contributed by atoms with Gasteiger partial charge in [-0.2, -0.15) is 0 Å². The number of esters is 1. The van der Waals surface area contributed by atoms with Gasteiger partial charge in [-0.25, -0.2) is 4.79 Å². The molecule has 1 amide bonds. The molecule has 0 aliphatic rings. The predicted octanol–water partition coefficient (Wildman–Crippen LogP) is 4.95. The van der Waals surface area contributed by atoms with Gasteiger partial charge in [0.25, 0.3) is 0 Å². The number of amides is 1. The topological polar surface area (TPSA) is 86.1 Å². The van der Waals surface area contributed by atoms with Crippen LogP contribution in [0.5, 0.6) is 0 Å². The number of thiophene rings is 2. The van der Waals surface area contributed by atoms with E-state index in [4.69, 9.17) is 4.74 Å². The first-order valence-corrected chi connectivity index (χ1v) is 12.8. The highest BCUT2D eigenvalue weighted by Crippen LogP contribution is 2.32. The van der Waals surface area contributed by atoms with Gasteiger partial charge in [0, 0.05) is 27.7 Å². The number of nitrogens with zero attached hydrogens (tertiary/aromatic N) is 3. The van der Waals surface area contributed by atoms with Crippen LogP contribution in [0.15, 0.2) is 16.6 Å². The van der Waals surface area contributed by atoms with E-state index < -0.39 is 5.97 Å². The van der Waals surface area contributed by atoms with Gasteiger partial charge in [-0.1, -0.05) is 25.6 Å². The molecule has 3 heterocycles. The largest absolute Gasteiger partial charge is 0.462 e. The Balaban J connectivity index is 1.69. The smallest absolute Gasteiger partial charge is 0.341 e. The molecule has 31 heavy (non-hydrogen) atoms. The molecule has 7 nitrogen and oxygen atoms in total. The van der Waals surface area contributed by atoms with Crippen molar-refractivity contribution >= 4 is 51.3 Å². The Kier molecular flexibility index (Phi) is 7.90. The zero-order valence-corrected chi connectivity index (χ0v) is 20.7. The van der Waals surface area contributed by atoms with E-state index in [9.17, 15) is 9.59 Å². The summed E-state index contributed by atoms with van der Waals surface area (Å²) in [7, 11) is 1.91. The van der Waals surface area contributed by atoms with E-state index in [1.54, 1.807) is 24.3 Å². The van der Waals surface area contributed by atoms with Crippen LogP contribution in [-0.4, -0.2) is 39.0 Å². The highest BCUT2D eigenvalue weighted by molar-refractivity contribution is 7.99. The Morgan fingerprint density at radius 3 is 2.68 bits per heavy atom. The number of hydrogen-bond donors (Lipinski definition) is 1. The predicted molar refractivity (Wildman–Crippen MR) is 127 cm³/mol. The molecule has 0 unspecified atom stereocenters. The van der Waals surface area contributed by atoms with Crippen molar-refractivity contribution < 1.29 is 14.3 Å². The molecule has 3 aromatic rings. The maximum Gasteiger partial charge on any atom is 0.341 e. The molecule has 0 radical (unpaired) electrons. The SMILES string of the molecule is CCOC(=O)c1cc(CC)sc1NC(=O)CSc1nnc(-c2csc(C)c2CC)n1C. The summed E-state index contributed by atoms with van der Waals surface area (Å²) in [4.78, 5) is 27.1. The molecule has 166 valence electrons. The number of hydrogen-bond acceptors (Lipinski definition) is 8. The molecule has 0 atom stereocenters. The maximum absolute atomic E-state index is 12.6. The molecule has 0 aliphatic heterocycles. The number of thioether (sulfide) groups is 1. The first-order chi connectivity index (χ1) is 14.9. The molecule has 3 aromatic heterocycles. The number of carbonyl (C=O) groups excluding carboxylic acids is 2. The number of aromatic nitrogens is 3. The Morgan fingerprint density at radius 2 is 2.00 bits per heavy atom. The number of ether oxygens (including phenoxy) is 1. The quantitative estimate of drug-likeness (QED) is 0.346. The summed E-state index contributed by atoms with van der Waals surface area (Å²) in [5.41, 5.74) is 2.79. The van der Waals surface area contributed by atoms with E-state index in [2.05, 4.69) is 34.7 Å². The van der Waals surface area contributed by atoms with Crippen LogP contribution in [0.3, 0.4) is 0 Å². The molecule has 0 aromatic carbocycles. The van der Waals surface area contributed by atoms with Crippen molar-refractivity contribution in [2.45, 2.75) is 45.7 Å². The summed E-state index contributed by atoms with van der Waals surface area (Å²) >= 11 is 4.43. The summed E-state index contributed by atoms with van der Waals surface area (Å²) in [6.07, 6.45) is 1.72. The van der Waals surface area contributed by atoms with Crippen molar-refractivity contribution in [1.82, 2.24) is 14.8 Å². The standard InChI is InChI=1S/C21H26N4O3S3/c1-6-13-9-15(20(27)28-8-3)19(31-13)22-17(26)11-30-21-24-23-18(25(21)5)16-10-29-12(4)14(16)7-2/h9-10H,6-8,11H2,1-5H3,(H,22,26). The van der Waals surface area contributed by atoms with Gasteiger partial charge in [0.05, 0.1) is 17.9 Å². The summed E-state index contributed by atoms with van der Waals surface area (Å²) in [5, 5.41) is 14.8. The van der Waals surface area contributed by atoms with Gasteiger partial charge in [0.15, 0.2) is 11.0 Å². The Labute approximate surface area is 194 Å². The first kappa shape index (κ1) is 23.5. The van der Waals surface area contributed by atoms with Crippen LogP contribution < -0.4 is 5.32 Å². The van der Waals surface area contributed by atoms with Crippen molar-refractivity contribution in [1.29, 1.82) is 0 Å². The summed E-state index contributed by atoms with van der Waals surface area (Å²) in [6.45, 7) is 8.30. The Morgan fingerprint density at radius 1 is 1.23 bits per heavy atom. The fraction of sp³-hybridized carbons (Fsp3) is 0.429. The second-order valence-electron chi connectivity index (χ2n) is 6.77. The molecule has 0 fully saturated rings. The molecule has 0 spiro atoms. The van der Waals surface area contributed by atoms with Crippen LogP contribution in [0.4, 0.5) is 5.00 Å². The minimum Gasteiger partial charge on any atom is -0.462 e. The molecule has 0 saturated heterocycles. The van der Waals surface area contributed by atoms with E-state index in [0.717, 1.165) is 29.1 Å². The Hall–Kier alpha value is -2.17. The Bertz CT molecular complexity index is 1080. The fourth-order valence-electron chi connectivity index (χ4n) is 3.14. The van der Waals surface area contributed by atoms with Crippen molar-refractivity contribution in [3.8, 4) is 11.4 Å².